The molecule has 2 nitrogen and oxygen atoms in total. The van der Waals surface area contributed by atoms with Crippen LogP contribution in [0.15, 0.2) is 11.1 Å². The predicted octanol–water partition coefficient (Wildman–Crippen LogP) is 8.05. The van der Waals surface area contributed by atoms with Gasteiger partial charge in [0.15, 0.2) is 0 Å². The first-order valence-corrected chi connectivity index (χ1v) is 14.8. The molecule has 0 aromatic heterocycles. The zero-order valence-corrected chi connectivity index (χ0v) is 24.3. The Bertz CT molecular complexity index is 794. The van der Waals surface area contributed by atoms with Crippen molar-refractivity contribution in [1.82, 2.24) is 0 Å². The molecule has 8 atom stereocenters. The van der Waals surface area contributed by atoms with Crippen LogP contribution in [0.1, 0.15) is 120 Å². The molecule has 0 heterocycles. The van der Waals surface area contributed by atoms with E-state index in [0.717, 1.165) is 25.2 Å². The lowest BCUT2D eigenvalue weighted by atomic mass is 9.43. The Balaban J connectivity index is 1.60. The fourth-order valence-electron chi connectivity index (χ4n) is 9.59. The Labute approximate surface area is 212 Å². The van der Waals surface area contributed by atoms with Crippen LogP contribution >= 0.6 is 15.9 Å². The summed E-state index contributed by atoms with van der Waals surface area (Å²) in [7, 11) is 0. The van der Waals surface area contributed by atoms with Crippen molar-refractivity contribution in [3.63, 3.8) is 0 Å². The molecular weight excluding hydrogens is 472 g/mol. The minimum absolute atomic E-state index is 0.0204. The Hall–Kier alpha value is 0.140. The van der Waals surface area contributed by atoms with E-state index in [9.17, 15) is 10.2 Å². The molecule has 0 saturated heterocycles. The second kappa shape index (κ2) is 8.34. The Kier molecular flexibility index (Phi) is 6.62. The SMILES string of the molecule is C[C@H](CCC(Br)C(C)(C)O)[C@H]1CC[C@@]2(C)C3=C(CC[C@]12C)[C@@]1(C)CC[C@H](O)C(C)(C)[C@@H]1CC3. The topological polar surface area (TPSA) is 40.5 Å². The van der Waals surface area contributed by atoms with Crippen LogP contribution in [0.25, 0.3) is 0 Å². The van der Waals surface area contributed by atoms with Crippen molar-refractivity contribution >= 4 is 15.9 Å². The summed E-state index contributed by atoms with van der Waals surface area (Å²) in [6, 6.07) is 0. The summed E-state index contributed by atoms with van der Waals surface area (Å²) in [6.07, 6.45) is 12.0. The van der Waals surface area contributed by atoms with Crippen molar-refractivity contribution in [3.05, 3.63) is 11.1 Å². The van der Waals surface area contributed by atoms with E-state index in [-0.39, 0.29) is 21.8 Å². The molecule has 0 aliphatic heterocycles. The summed E-state index contributed by atoms with van der Waals surface area (Å²) >= 11 is 3.75. The van der Waals surface area contributed by atoms with Gasteiger partial charge in [-0.05, 0) is 117 Å². The smallest absolute Gasteiger partial charge is 0.0716 e. The Morgan fingerprint density at radius 1 is 0.939 bits per heavy atom. The summed E-state index contributed by atoms with van der Waals surface area (Å²) < 4.78 is 0. The molecule has 2 N–H and O–H groups in total. The minimum Gasteiger partial charge on any atom is -0.393 e. The lowest BCUT2D eigenvalue weighted by molar-refractivity contribution is -0.0962. The van der Waals surface area contributed by atoms with Crippen LogP contribution in [-0.2, 0) is 0 Å². The molecule has 0 spiro atoms. The van der Waals surface area contributed by atoms with E-state index in [4.69, 9.17) is 0 Å². The van der Waals surface area contributed by atoms with Gasteiger partial charge in [-0.3, -0.25) is 0 Å². The van der Waals surface area contributed by atoms with Gasteiger partial charge in [0, 0.05) is 4.83 Å². The van der Waals surface area contributed by atoms with Crippen LogP contribution in [-0.4, -0.2) is 26.7 Å². The molecule has 0 aromatic rings. The number of hydrogen-bond acceptors (Lipinski definition) is 2. The quantitative estimate of drug-likeness (QED) is 0.283. The van der Waals surface area contributed by atoms with E-state index < -0.39 is 5.60 Å². The molecule has 3 heteroatoms. The van der Waals surface area contributed by atoms with Crippen LogP contribution in [0.5, 0.6) is 0 Å². The normalized spacial score (nSPS) is 44.6. The van der Waals surface area contributed by atoms with Crippen LogP contribution in [0.4, 0.5) is 0 Å². The largest absolute Gasteiger partial charge is 0.393 e. The molecule has 190 valence electrons. The van der Waals surface area contributed by atoms with Gasteiger partial charge in [0.1, 0.15) is 0 Å². The first-order valence-electron chi connectivity index (χ1n) is 13.9. The first-order chi connectivity index (χ1) is 15.1. The number of allylic oxidation sites excluding steroid dienone is 2. The van der Waals surface area contributed by atoms with Crippen LogP contribution in [0.2, 0.25) is 0 Å². The standard InChI is InChI=1S/C30H51BrO2/c1-19(9-12-24(31)27(4,5)33)20-13-17-30(8)22-10-11-23-26(2,3)25(32)15-16-28(23,6)21(22)14-18-29(20,30)7/h19-20,23-25,32-33H,9-18H2,1-8H3/t19-,20-,23+,24?,25+,28-,29-,30+/m1/s1. The van der Waals surface area contributed by atoms with Gasteiger partial charge in [-0.25, -0.2) is 0 Å². The monoisotopic (exact) mass is 522 g/mol. The fraction of sp³-hybridized carbons (Fsp3) is 0.933. The summed E-state index contributed by atoms with van der Waals surface area (Å²) in [6.45, 7) is 18.8. The van der Waals surface area contributed by atoms with E-state index in [2.05, 4.69) is 57.5 Å². The van der Waals surface area contributed by atoms with Crippen LogP contribution in [0.3, 0.4) is 0 Å². The summed E-state index contributed by atoms with van der Waals surface area (Å²) in [5, 5.41) is 21.2. The zero-order valence-electron chi connectivity index (χ0n) is 22.7. The minimum atomic E-state index is -0.659. The van der Waals surface area contributed by atoms with Crippen molar-refractivity contribution in [1.29, 1.82) is 0 Å². The van der Waals surface area contributed by atoms with E-state index in [1.54, 1.807) is 0 Å². The summed E-state index contributed by atoms with van der Waals surface area (Å²) in [5.74, 6) is 2.07. The molecule has 0 radical (unpaired) electrons. The number of aliphatic hydroxyl groups is 2. The van der Waals surface area contributed by atoms with Gasteiger partial charge < -0.3 is 10.2 Å². The molecule has 2 saturated carbocycles. The first kappa shape index (κ1) is 26.2. The third-order valence-electron chi connectivity index (χ3n) is 12.1. The fourth-order valence-corrected chi connectivity index (χ4v) is 9.86. The number of hydrogen-bond donors (Lipinski definition) is 2. The highest BCUT2D eigenvalue weighted by Gasteiger charge is 2.63. The highest BCUT2D eigenvalue weighted by atomic mass is 79.9. The second-order valence-corrected chi connectivity index (χ2v) is 15.5. The molecule has 4 rings (SSSR count). The average molecular weight is 524 g/mol. The number of aliphatic hydroxyl groups excluding tert-OH is 1. The lowest BCUT2D eigenvalue weighted by Gasteiger charge is -2.62. The maximum absolute atomic E-state index is 10.8. The molecule has 4 aliphatic rings. The molecule has 2 fully saturated rings. The third-order valence-corrected chi connectivity index (χ3v) is 13.7. The van der Waals surface area contributed by atoms with E-state index in [1.165, 1.54) is 44.9 Å². The van der Waals surface area contributed by atoms with Crippen molar-refractivity contribution in [2.24, 2.45) is 39.4 Å². The van der Waals surface area contributed by atoms with Crippen molar-refractivity contribution in [3.8, 4) is 0 Å². The van der Waals surface area contributed by atoms with E-state index in [1.807, 2.05) is 25.0 Å². The Morgan fingerprint density at radius 2 is 1.61 bits per heavy atom. The maximum atomic E-state index is 10.8. The van der Waals surface area contributed by atoms with Gasteiger partial charge in [0.2, 0.25) is 0 Å². The number of halogens is 1. The predicted molar refractivity (Wildman–Crippen MR) is 142 cm³/mol. The molecule has 33 heavy (non-hydrogen) atoms. The average Bonchev–Trinajstić information content (AvgIpc) is 3.00. The van der Waals surface area contributed by atoms with Gasteiger partial charge >= 0.3 is 0 Å². The molecule has 1 unspecified atom stereocenters. The number of rotatable bonds is 5. The van der Waals surface area contributed by atoms with Gasteiger partial charge in [-0.15, -0.1) is 0 Å². The highest BCUT2D eigenvalue weighted by molar-refractivity contribution is 9.09. The maximum Gasteiger partial charge on any atom is 0.0716 e. The summed E-state index contributed by atoms with van der Waals surface area (Å²) in [5.41, 5.74) is 4.01. The van der Waals surface area contributed by atoms with Gasteiger partial charge in [-0.1, -0.05) is 68.6 Å². The highest BCUT2D eigenvalue weighted by Crippen LogP contribution is 2.72. The van der Waals surface area contributed by atoms with Crippen molar-refractivity contribution < 1.29 is 10.2 Å². The zero-order chi connectivity index (χ0) is 24.6. The van der Waals surface area contributed by atoms with Crippen molar-refractivity contribution in [2.75, 3.05) is 0 Å². The second-order valence-electron chi connectivity index (χ2n) is 14.4. The molecule has 0 bridgehead atoms. The van der Waals surface area contributed by atoms with Gasteiger partial charge in [-0.2, -0.15) is 0 Å². The van der Waals surface area contributed by atoms with Gasteiger partial charge in [0.25, 0.3) is 0 Å². The lowest BCUT2D eigenvalue weighted by Crippen LogP contribution is -2.55. The van der Waals surface area contributed by atoms with Crippen molar-refractivity contribution in [2.45, 2.75) is 136 Å². The molecule has 0 aromatic carbocycles. The molecular formula is C30H51BrO2. The summed E-state index contributed by atoms with van der Waals surface area (Å²) in [4.78, 5) is 0.161. The van der Waals surface area contributed by atoms with E-state index >= 15 is 0 Å². The van der Waals surface area contributed by atoms with Crippen LogP contribution in [0, 0.1) is 39.4 Å². The number of fused-ring (bicyclic) bond motifs is 4. The number of alkyl halides is 1. The molecule has 0 amide bonds. The third kappa shape index (κ3) is 3.85. The van der Waals surface area contributed by atoms with Crippen LogP contribution < -0.4 is 0 Å². The molecule has 4 aliphatic carbocycles. The Morgan fingerprint density at radius 3 is 2.24 bits per heavy atom. The van der Waals surface area contributed by atoms with E-state index in [0.29, 0.717) is 22.7 Å². The van der Waals surface area contributed by atoms with Gasteiger partial charge in [0.05, 0.1) is 11.7 Å².